The number of allylic oxidation sites excluding steroid dienone is 17. The first-order valence-electron chi connectivity index (χ1n) is 21.0. The zero-order valence-electron chi connectivity index (χ0n) is 35.1. The fourth-order valence-electron chi connectivity index (χ4n) is 4.82. The fraction of sp³-hybridized carbons (Fsp3) is 0.565. The summed E-state index contributed by atoms with van der Waals surface area (Å²) < 4.78 is 32.5. The van der Waals surface area contributed by atoms with Crippen LogP contribution in [-0.2, 0) is 32.7 Å². The van der Waals surface area contributed by atoms with Crippen molar-refractivity contribution < 1.29 is 52.9 Å². The van der Waals surface area contributed by atoms with Gasteiger partial charge in [-0.3, -0.25) is 18.6 Å². The molecule has 328 valence electrons. The van der Waals surface area contributed by atoms with Gasteiger partial charge in [-0.05, 0) is 77.0 Å². The normalized spacial score (nSPS) is 15.5. The number of esters is 2. The summed E-state index contributed by atoms with van der Waals surface area (Å²) in [6.45, 7) is 1.82. The number of rotatable bonds is 37. The monoisotopic (exact) mass is 832 g/mol. The summed E-state index contributed by atoms with van der Waals surface area (Å²) in [6.07, 6.45) is 46.7. The van der Waals surface area contributed by atoms with Crippen molar-refractivity contribution >= 4 is 19.8 Å². The van der Waals surface area contributed by atoms with Gasteiger partial charge in [-0.25, -0.2) is 4.57 Å². The van der Waals surface area contributed by atoms with Gasteiger partial charge < -0.3 is 29.7 Å². The molecule has 0 aliphatic heterocycles. The highest BCUT2D eigenvalue weighted by Gasteiger charge is 2.27. The van der Waals surface area contributed by atoms with Gasteiger partial charge in [0.25, 0.3) is 0 Å². The quantitative estimate of drug-likeness (QED) is 0.0155. The molecular weight excluding hydrogens is 759 g/mol. The Hall–Kier alpha value is -3.41. The van der Waals surface area contributed by atoms with Crippen LogP contribution in [0.25, 0.3) is 0 Å². The topological polar surface area (TPSA) is 169 Å². The molecule has 0 aliphatic carbocycles. The van der Waals surface area contributed by atoms with Crippen molar-refractivity contribution in [1.29, 1.82) is 0 Å². The van der Waals surface area contributed by atoms with Crippen LogP contribution in [0.5, 0.6) is 0 Å². The van der Waals surface area contributed by atoms with Gasteiger partial charge in [-0.2, -0.15) is 0 Å². The highest BCUT2D eigenvalue weighted by molar-refractivity contribution is 7.47. The molecule has 0 aromatic rings. The van der Waals surface area contributed by atoms with E-state index in [2.05, 4.69) is 103 Å². The van der Waals surface area contributed by atoms with E-state index < -0.39 is 64.5 Å². The number of phosphoric acid groups is 1. The van der Waals surface area contributed by atoms with Crippen LogP contribution >= 0.6 is 7.82 Å². The number of ether oxygens (including phenoxy) is 2. The van der Waals surface area contributed by atoms with E-state index in [4.69, 9.17) is 19.1 Å². The van der Waals surface area contributed by atoms with E-state index in [1.165, 1.54) is 0 Å². The third-order valence-corrected chi connectivity index (χ3v) is 8.99. The van der Waals surface area contributed by atoms with E-state index in [1.54, 1.807) is 12.2 Å². The van der Waals surface area contributed by atoms with Crippen molar-refractivity contribution in [3.8, 4) is 0 Å². The molecule has 2 unspecified atom stereocenters. The first kappa shape index (κ1) is 54.6. The van der Waals surface area contributed by atoms with Crippen LogP contribution in [0.1, 0.15) is 123 Å². The van der Waals surface area contributed by atoms with Crippen LogP contribution in [0.3, 0.4) is 0 Å². The Balaban J connectivity index is 4.62. The van der Waals surface area contributed by atoms with E-state index >= 15 is 0 Å². The molecular formula is C46H73O11P. The lowest BCUT2D eigenvalue weighted by molar-refractivity contribution is -0.161. The summed E-state index contributed by atoms with van der Waals surface area (Å²) in [5.41, 5.74) is 0. The number of aliphatic hydroxyl groups excluding tert-OH is 3. The van der Waals surface area contributed by atoms with E-state index in [0.717, 1.165) is 83.5 Å². The summed E-state index contributed by atoms with van der Waals surface area (Å²) in [5.74, 6) is -1.24. The Bertz CT molecular complexity index is 1340. The first-order chi connectivity index (χ1) is 28.1. The summed E-state index contributed by atoms with van der Waals surface area (Å²) in [6, 6.07) is 0. The standard InChI is InChI=1S/C46H73O11P/c1-3-5-7-9-11-13-15-17-19-21-22-24-26-28-30-32-34-42(48)36-37-46(51)57-44(41-56-58(52,53)55-39-43(49)38-47)40-54-45(50)35-33-31-29-27-25-23-20-18-16-14-12-10-8-6-4-2/h5-8,11-14,17-20,22,24,28,30,32,34,42-44,47-49H,3-4,9-10,15-16,21,23,25-27,29,31,33,35-41H2,1-2H3,(H,52,53)/b7-5-,8-6-,13-11-,14-12-,19-17-,20-18-,24-22-,30-28-,34-32-/t42?,43-,44+/m0/s1. The molecule has 0 aromatic heterocycles. The number of hydrogen-bond donors (Lipinski definition) is 4. The minimum absolute atomic E-state index is 0.0545. The second-order valence-corrected chi connectivity index (χ2v) is 14.9. The van der Waals surface area contributed by atoms with Crippen molar-refractivity contribution in [2.24, 2.45) is 0 Å². The average Bonchev–Trinajstić information content (AvgIpc) is 3.21. The largest absolute Gasteiger partial charge is 0.472 e. The molecule has 4 N–H and O–H groups in total. The van der Waals surface area contributed by atoms with Crippen molar-refractivity contribution in [3.05, 3.63) is 109 Å². The zero-order chi connectivity index (χ0) is 42.8. The van der Waals surface area contributed by atoms with E-state index in [1.807, 2.05) is 12.2 Å². The Morgan fingerprint density at radius 2 is 1.09 bits per heavy atom. The third kappa shape index (κ3) is 39.4. The molecule has 0 aromatic carbocycles. The Morgan fingerprint density at radius 1 is 0.586 bits per heavy atom. The molecule has 0 spiro atoms. The van der Waals surface area contributed by atoms with Crippen molar-refractivity contribution in [2.75, 3.05) is 26.4 Å². The van der Waals surface area contributed by atoms with Crippen LogP contribution in [-0.4, -0.2) is 76.9 Å². The maximum Gasteiger partial charge on any atom is 0.472 e. The smallest absolute Gasteiger partial charge is 0.462 e. The molecule has 0 aliphatic rings. The first-order valence-corrected chi connectivity index (χ1v) is 22.4. The zero-order valence-corrected chi connectivity index (χ0v) is 36.0. The summed E-state index contributed by atoms with van der Waals surface area (Å²) >= 11 is 0. The Kier molecular flexibility index (Phi) is 38.0. The minimum atomic E-state index is -4.70. The Labute approximate surface area is 348 Å². The molecule has 58 heavy (non-hydrogen) atoms. The number of aliphatic hydroxyl groups is 3. The molecule has 4 atom stereocenters. The van der Waals surface area contributed by atoms with E-state index in [-0.39, 0.29) is 19.3 Å². The minimum Gasteiger partial charge on any atom is -0.462 e. The maximum absolute atomic E-state index is 12.6. The lowest BCUT2D eigenvalue weighted by Gasteiger charge is -2.20. The molecule has 0 bridgehead atoms. The lowest BCUT2D eigenvalue weighted by Crippen LogP contribution is -2.30. The van der Waals surface area contributed by atoms with Crippen LogP contribution in [0, 0.1) is 0 Å². The van der Waals surface area contributed by atoms with E-state index in [0.29, 0.717) is 6.42 Å². The number of unbranched alkanes of at least 4 members (excludes halogenated alkanes) is 5. The van der Waals surface area contributed by atoms with Crippen LogP contribution in [0.15, 0.2) is 109 Å². The molecule has 0 saturated heterocycles. The Morgan fingerprint density at radius 3 is 1.66 bits per heavy atom. The van der Waals surface area contributed by atoms with Crippen molar-refractivity contribution in [2.45, 2.75) is 141 Å². The third-order valence-electron chi connectivity index (χ3n) is 8.04. The molecule has 0 heterocycles. The van der Waals surface area contributed by atoms with Crippen molar-refractivity contribution in [3.63, 3.8) is 0 Å². The number of hydrogen-bond acceptors (Lipinski definition) is 10. The van der Waals surface area contributed by atoms with Crippen LogP contribution < -0.4 is 0 Å². The number of phosphoric ester groups is 1. The number of carbonyl (C=O) groups excluding carboxylic acids is 2. The van der Waals surface area contributed by atoms with Gasteiger partial charge in [0.15, 0.2) is 6.10 Å². The second kappa shape index (κ2) is 40.4. The molecule has 0 radical (unpaired) electrons. The van der Waals surface area contributed by atoms with Crippen LogP contribution in [0.4, 0.5) is 0 Å². The molecule has 0 rings (SSSR count). The predicted molar refractivity (Wildman–Crippen MR) is 234 cm³/mol. The lowest BCUT2D eigenvalue weighted by atomic mass is 10.1. The highest BCUT2D eigenvalue weighted by Crippen LogP contribution is 2.43. The predicted octanol–water partition coefficient (Wildman–Crippen LogP) is 9.97. The van der Waals surface area contributed by atoms with E-state index in [9.17, 15) is 29.3 Å². The van der Waals surface area contributed by atoms with Gasteiger partial charge in [0.05, 0.1) is 25.9 Å². The average molecular weight is 833 g/mol. The molecule has 0 saturated carbocycles. The van der Waals surface area contributed by atoms with Gasteiger partial charge in [-0.15, -0.1) is 0 Å². The highest BCUT2D eigenvalue weighted by atomic mass is 31.2. The molecule has 0 fully saturated rings. The summed E-state index contributed by atoms with van der Waals surface area (Å²) in [5, 5.41) is 28.6. The van der Waals surface area contributed by atoms with Crippen molar-refractivity contribution in [1.82, 2.24) is 0 Å². The van der Waals surface area contributed by atoms with Gasteiger partial charge in [0, 0.05) is 12.8 Å². The van der Waals surface area contributed by atoms with Crippen LogP contribution in [0.2, 0.25) is 0 Å². The van der Waals surface area contributed by atoms with Gasteiger partial charge >= 0.3 is 19.8 Å². The number of carbonyl (C=O) groups is 2. The maximum atomic E-state index is 12.6. The SMILES string of the molecule is CC/C=C\C/C=C\C/C=C\C/C=C\C/C=C\C=C/C(O)CCC(=O)O[C@H](COC(=O)CCCCCCC/C=C\C/C=C\C/C=C\CC)COP(=O)(O)OC[C@@H](O)CO. The molecule has 11 nitrogen and oxygen atoms in total. The second-order valence-electron chi connectivity index (χ2n) is 13.4. The molecule has 12 heteroatoms. The summed E-state index contributed by atoms with van der Waals surface area (Å²) in [4.78, 5) is 35.0. The fourth-order valence-corrected chi connectivity index (χ4v) is 5.61. The molecule has 0 amide bonds. The summed E-state index contributed by atoms with van der Waals surface area (Å²) in [7, 11) is -4.70. The van der Waals surface area contributed by atoms with Gasteiger partial charge in [0.2, 0.25) is 0 Å². The van der Waals surface area contributed by atoms with Gasteiger partial charge in [0.1, 0.15) is 12.7 Å². The van der Waals surface area contributed by atoms with Gasteiger partial charge in [-0.1, -0.05) is 142 Å².